The van der Waals surface area contributed by atoms with Crippen molar-refractivity contribution in [3.05, 3.63) is 59.4 Å². The Hall–Kier alpha value is -3.00. The average Bonchev–Trinajstić information content (AvgIpc) is 3.00. The van der Waals surface area contributed by atoms with Crippen molar-refractivity contribution in [1.29, 1.82) is 0 Å². The normalized spacial score (nSPS) is 10.7. The second-order valence-corrected chi connectivity index (χ2v) is 7.21. The number of hydrogen-bond acceptors (Lipinski definition) is 5. The van der Waals surface area contributed by atoms with Crippen LogP contribution in [0.5, 0.6) is 0 Å². The zero-order chi connectivity index (χ0) is 20.3. The van der Waals surface area contributed by atoms with Crippen LogP contribution in [-0.4, -0.2) is 32.2 Å². The third kappa shape index (κ3) is 4.28. The highest BCUT2D eigenvalue weighted by Gasteiger charge is 2.17. The van der Waals surface area contributed by atoms with Gasteiger partial charge in [-0.05, 0) is 30.7 Å². The van der Waals surface area contributed by atoms with E-state index < -0.39 is 5.82 Å². The van der Waals surface area contributed by atoms with Crippen LogP contribution in [0.1, 0.15) is 22.8 Å². The predicted molar refractivity (Wildman–Crippen MR) is 107 cm³/mol. The maximum Gasteiger partial charge on any atom is 0.221 e. The van der Waals surface area contributed by atoms with Crippen molar-refractivity contribution in [2.24, 2.45) is 7.05 Å². The minimum atomic E-state index is -0.671. The van der Waals surface area contributed by atoms with Crippen molar-refractivity contribution in [3.8, 4) is 11.4 Å². The Morgan fingerprint density at radius 2 is 1.93 bits per heavy atom. The van der Waals surface area contributed by atoms with E-state index in [1.54, 1.807) is 0 Å². The third-order valence-corrected chi connectivity index (χ3v) is 5.16. The van der Waals surface area contributed by atoms with Crippen molar-refractivity contribution < 1.29 is 14.0 Å². The molecule has 0 saturated carbocycles. The fourth-order valence-corrected chi connectivity index (χ4v) is 3.52. The summed E-state index contributed by atoms with van der Waals surface area (Å²) in [6.45, 7) is 3.33. The zero-order valence-corrected chi connectivity index (χ0v) is 16.5. The molecule has 2 aromatic carbocycles. The average molecular weight is 398 g/mol. The van der Waals surface area contributed by atoms with Gasteiger partial charge in [-0.25, -0.2) is 4.39 Å². The lowest BCUT2D eigenvalue weighted by Crippen LogP contribution is -2.09. The highest BCUT2D eigenvalue weighted by Crippen LogP contribution is 2.26. The largest absolute Gasteiger partial charge is 0.326 e. The van der Waals surface area contributed by atoms with Crippen LogP contribution in [0.3, 0.4) is 0 Å². The van der Waals surface area contributed by atoms with E-state index in [2.05, 4.69) is 15.5 Å². The van der Waals surface area contributed by atoms with Crippen LogP contribution in [0.4, 0.5) is 10.1 Å². The Morgan fingerprint density at radius 1 is 1.18 bits per heavy atom. The number of carbonyl (C=O) groups excluding carboxylic acids is 2. The van der Waals surface area contributed by atoms with Gasteiger partial charge in [0.25, 0.3) is 0 Å². The molecule has 0 aliphatic carbocycles. The van der Waals surface area contributed by atoms with Gasteiger partial charge in [0.2, 0.25) is 5.91 Å². The second kappa shape index (κ2) is 8.35. The van der Waals surface area contributed by atoms with E-state index >= 15 is 0 Å². The second-order valence-electron chi connectivity index (χ2n) is 6.27. The maximum atomic E-state index is 14.2. The van der Waals surface area contributed by atoms with Crippen molar-refractivity contribution in [1.82, 2.24) is 14.8 Å². The van der Waals surface area contributed by atoms with Gasteiger partial charge in [0.15, 0.2) is 16.8 Å². The minimum absolute atomic E-state index is 0.0240. The van der Waals surface area contributed by atoms with Crippen LogP contribution in [0.15, 0.2) is 47.6 Å². The van der Waals surface area contributed by atoms with Gasteiger partial charge in [-0.1, -0.05) is 36.0 Å². The third-order valence-electron chi connectivity index (χ3n) is 4.14. The molecule has 0 bridgehead atoms. The molecular formula is C20H19FN4O2S. The fraction of sp³-hybridized carbons (Fsp3) is 0.200. The summed E-state index contributed by atoms with van der Waals surface area (Å²) in [7, 11) is 1.83. The molecule has 0 saturated heterocycles. The number of thioether (sulfide) groups is 1. The SMILES string of the molecule is CC(=O)Nc1ccc(C(=O)CSc2nnc(-c3ccccc3C)n2C)c(F)c1. The van der Waals surface area contributed by atoms with Gasteiger partial charge in [-0.15, -0.1) is 10.2 Å². The van der Waals surface area contributed by atoms with Crippen LogP contribution < -0.4 is 5.32 Å². The maximum absolute atomic E-state index is 14.2. The van der Waals surface area contributed by atoms with Crippen LogP contribution in [0.25, 0.3) is 11.4 Å². The molecule has 0 aliphatic rings. The molecule has 144 valence electrons. The lowest BCUT2D eigenvalue weighted by molar-refractivity contribution is -0.114. The first-order valence-corrected chi connectivity index (χ1v) is 9.54. The number of hydrogen-bond donors (Lipinski definition) is 1. The summed E-state index contributed by atoms with van der Waals surface area (Å²) >= 11 is 1.20. The van der Waals surface area contributed by atoms with Gasteiger partial charge in [0.05, 0.1) is 11.3 Å². The first kappa shape index (κ1) is 19.8. The first-order chi connectivity index (χ1) is 13.4. The van der Waals surface area contributed by atoms with E-state index in [0.717, 1.165) is 17.2 Å². The topological polar surface area (TPSA) is 76.9 Å². The molecule has 3 rings (SSSR count). The van der Waals surface area contributed by atoms with E-state index in [1.165, 1.54) is 30.8 Å². The minimum Gasteiger partial charge on any atom is -0.326 e. The zero-order valence-electron chi connectivity index (χ0n) is 15.7. The van der Waals surface area contributed by atoms with E-state index in [9.17, 15) is 14.0 Å². The molecule has 3 aromatic rings. The van der Waals surface area contributed by atoms with E-state index in [0.29, 0.717) is 16.7 Å². The van der Waals surface area contributed by atoms with E-state index in [-0.39, 0.29) is 23.0 Å². The molecule has 1 N–H and O–H groups in total. The number of rotatable bonds is 6. The summed E-state index contributed by atoms with van der Waals surface area (Å²) in [5.41, 5.74) is 2.33. The molecule has 1 amide bonds. The van der Waals surface area contributed by atoms with Crippen LogP contribution in [-0.2, 0) is 11.8 Å². The number of nitrogens with one attached hydrogen (secondary N) is 1. The summed E-state index contributed by atoms with van der Waals surface area (Å²) in [6, 6.07) is 11.9. The van der Waals surface area contributed by atoms with Crippen LogP contribution in [0, 0.1) is 12.7 Å². The highest BCUT2D eigenvalue weighted by atomic mass is 32.2. The quantitative estimate of drug-likeness (QED) is 0.504. The molecule has 6 nitrogen and oxygen atoms in total. The number of benzene rings is 2. The van der Waals surface area contributed by atoms with Gasteiger partial charge >= 0.3 is 0 Å². The number of aryl methyl sites for hydroxylation is 1. The number of halogens is 1. The Morgan fingerprint density at radius 3 is 2.61 bits per heavy atom. The van der Waals surface area contributed by atoms with Gasteiger partial charge < -0.3 is 9.88 Å². The van der Waals surface area contributed by atoms with E-state index in [4.69, 9.17) is 0 Å². The molecule has 1 aromatic heterocycles. The molecule has 0 fully saturated rings. The Labute approximate surface area is 166 Å². The Balaban J connectivity index is 1.72. The predicted octanol–water partition coefficient (Wildman–Crippen LogP) is 3.86. The van der Waals surface area contributed by atoms with Crippen LogP contribution in [0.2, 0.25) is 0 Å². The van der Waals surface area contributed by atoms with Crippen molar-refractivity contribution in [3.63, 3.8) is 0 Å². The standard InChI is InChI=1S/C20H19FN4O2S/c1-12-6-4-5-7-15(12)19-23-24-20(25(19)3)28-11-18(27)16-9-8-14(10-17(16)21)22-13(2)26/h4-10H,11H2,1-3H3,(H,22,26). The number of nitrogens with zero attached hydrogens (tertiary/aromatic N) is 3. The van der Waals surface area contributed by atoms with Gasteiger partial charge in [-0.2, -0.15) is 0 Å². The summed E-state index contributed by atoms with van der Waals surface area (Å²) in [4.78, 5) is 23.4. The lowest BCUT2D eigenvalue weighted by atomic mass is 10.1. The number of anilines is 1. The number of aromatic nitrogens is 3. The molecule has 0 atom stereocenters. The molecule has 8 heteroatoms. The summed E-state index contributed by atoms with van der Waals surface area (Å²) in [6.07, 6.45) is 0. The van der Waals surface area contributed by atoms with Crippen molar-refractivity contribution in [2.75, 3.05) is 11.1 Å². The summed E-state index contributed by atoms with van der Waals surface area (Å²) in [5.74, 6) is -0.608. The van der Waals surface area contributed by atoms with Gasteiger partial charge in [0.1, 0.15) is 5.82 Å². The van der Waals surface area contributed by atoms with Crippen molar-refractivity contribution >= 4 is 29.1 Å². The monoisotopic (exact) mass is 398 g/mol. The van der Waals surface area contributed by atoms with Gasteiger partial charge in [-0.3, -0.25) is 9.59 Å². The molecule has 1 heterocycles. The van der Waals surface area contributed by atoms with Crippen LogP contribution >= 0.6 is 11.8 Å². The summed E-state index contributed by atoms with van der Waals surface area (Å²) in [5, 5.41) is 11.4. The lowest BCUT2D eigenvalue weighted by Gasteiger charge is -2.07. The number of amides is 1. The Kier molecular flexibility index (Phi) is 5.89. The first-order valence-electron chi connectivity index (χ1n) is 8.55. The molecule has 0 aliphatic heterocycles. The molecule has 28 heavy (non-hydrogen) atoms. The van der Waals surface area contributed by atoms with Crippen molar-refractivity contribution in [2.45, 2.75) is 19.0 Å². The molecule has 0 spiro atoms. The van der Waals surface area contributed by atoms with E-state index in [1.807, 2.05) is 42.8 Å². The number of ketones is 1. The molecule has 0 radical (unpaired) electrons. The molecular weight excluding hydrogens is 379 g/mol. The van der Waals surface area contributed by atoms with Gasteiger partial charge in [0, 0.05) is 25.2 Å². The summed E-state index contributed by atoms with van der Waals surface area (Å²) < 4.78 is 16.0. The highest BCUT2D eigenvalue weighted by molar-refractivity contribution is 7.99. The number of Topliss-reactive ketones (excluding diaryl/α,β-unsaturated/α-hetero) is 1. The number of carbonyl (C=O) groups is 2. The Bertz CT molecular complexity index is 1050. The smallest absolute Gasteiger partial charge is 0.221 e. The fourth-order valence-electron chi connectivity index (χ4n) is 2.73. The molecule has 0 unspecified atom stereocenters.